The summed E-state index contributed by atoms with van der Waals surface area (Å²) >= 11 is 0. The van der Waals surface area contributed by atoms with Crippen molar-refractivity contribution in [3.63, 3.8) is 0 Å². The minimum atomic E-state index is -0.281. The van der Waals surface area contributed by atoms with Crippen molar-refractivity contribution < 1.29 is 9.18 Å². The zero-order valence-corrected chi connectivity index (χ0v) is 18.9. The number of aryl methyl sites for hydroxylation is 1. The third-order valence-corrected chi connectivity index (χ3v) is 5.94. The molecule has 0 fully saturated rings. The Labute approximate surface area is 188 Å². The molecule has 1 amide bonds. The average Bonchev–Trinajstić information content (AvgIpc) is 3.16. The normalized spacial score (nSPS) is 14.2. The number of fused-ring (bicyclic) bond motifs is 1. The summed E-state index contributed by atoms with van der Waals surface area (Å²) in [5, 5.41) is 6.65. The fraction of sp³-hybridized carbons (Fsp3) is 0.360. The Balaban J connectivity index is 1.68. The van der Waals surface area contributed by atoms with E-state index in [4.69, 9.17) is 4.98 Å². The van der Waals surface area contributed by atoms with Crippen LogP contribution in [0.15, 0.2) is 48.5 Å². The number of benzene rings is 2. The van der Waals surface area contributed by atoms with Gasteiger partial charge < -0.3 is 20.1 Å². The van der Waals surface area contributed by atoms with E-state index in [0.29, 0.717) is 19.6 Å². The number of anilines is 2. The first-order valence-corrected chi connectivity index (χ1v) is 11.1. The average molecular weight is 436 g/mol. The van der Waals surface area contributed by atoms with Crippen LogP contribution in [0.3, 0.4) is 0 Å². The maximum Gasteiger partial charge on any atom is 0.240 e. The van der Waals surface area contributed by atoms with E-state index in [-0.39, 0.29) is 17.8 Å². The Morgan fingerprint density at radius 2 is 1.84 bits per heavy atom. The van der Waals surface area contributed by atoms with Crippen LogP contribution < -0.4 is 10.6 Å². The van der Waals surface area contributed by atoms with Crippen LogP contribution >= 0.6 is 0 Å². The molecule has 7 heteroatoms. The van der Waals surface area contributed by atoms with Crippen LogP contribution in [-0.2, 0) is 17.9 Å². The van der Waals surface area contributed by atoms with Gasteiger partial charge in [-0.15, -0.1) is 0 Å². The molecule has 3 aromatic rings. The summed E-state index contributed by atoms with van der Waals surface area (Å²) in [6, 6.07) is 14.4. The van der Waals surface area contributed by atoms with Gasteiger partial charge in [0.15, 0.2) is 0 Å². The van der Waals surface area contributed by atoms with E-state index in [9.17, 15) is 9.18 Å². The summed E-state index contributed by atoms with van der Waals surface area (Å²) < 4.78 is 15.7. The van der Waals surface area contributed by atoms with Crippen LogP contribution in [0.4, 0.5) is 15.9 Å². The number of rotatable bonds is 7. The minimum absolute atomic E-state index is 0.111. The lowest BCUT2D eigenvalue weighted by Crippen LogP contribution is -2.48. The maximum atomic E-state index is 13.5. The summed E-state index contributed by atoms with van der Waals surface area (Å²) in [4.78, 5) is 19.8. The maximum absolute atomic E-state index is 13.5. The second-order valence-corrected chi connectivity index (χ2v) is 8.26. The smallest absolute Gasteiger partial charge is 0.240 e. The van der Waals surface area contributed by atoms with Gasteiger partial charge in [-0.1, -0.05) is 31.0 Å². The van der Waals surface area contributed by atoms with Crippen molar-refractivity contribution in [1.82, 2.24) is 19.8 Å². The van der Waals surface area contributed by atoms with E-state index in [1.165, 1.54) is 17.7 Å². The molecule has 1 unspecified atom stereocenters. The lowest BCUT2D eigenvalue weighted by atomic mass is 10.1. The molecule has 32 heavy (non-hydrogen) atoms. The summed E-state index contributed by atoms with van der Waals surface area (Å²) in [5.41, 5.74) is 3.73. The molecule has 1 aliphatic heterocycles. The summed E-state index contributed by atoms with van der Waals surface area (Å²) in [6.07, 6.45) is 1.75. The summed E-state index contributed by atoms with van der Waals surface area (Å²) in [7, 11) is 1.83. The van der Waals surface area contributed by atoms with Crippen molar-refractivity contribution >= 4 is 17.4 Å². The molecule has 0 aliphatic carbocycles. The first kappa shape index (κ1) is 22.0. The van der Waals surface area contributed by atoms with Gasteiger partial charge in [0, 0.05) is 24.3 Å². The number of imidazole rings is 1. The van der Waals surface area contributed by atoms with Gasteiger partial charge in [-0.3, -0.25) is 4.79 Å². The van der Waals surface area contributed by atoms with Gasteiger partial charge in [0.2, 0.25) is 5.91 Å². The Morgan fingerprint density at radius 3 is 2.50 bits per heavy atom. The monoisotopic (exact) mass is 435 g/mol. The Kier molecular flexibility index (Phi) is 6.55. The number of aromatic nitrogens is 2. The van der Waals surface area contributed by atoms with Crippen molar-refractivity contribution in [3.05, 3.63) is 65.7 Å². The van der Waals surface area contributed by atoms with E-state index in [2.05, 4.69) is 41.2 Å². The highest BCUT2D eigenvalue weighted by Crippen LogP contribution is 2.33. The number of carbonyl (C=O) groups is 1. The topological polar surface area (TPSA) is 62.2 Å². The van der Waals surface area contributed by atoms with Crippen molar-refractivity contribution in [2.75, 3.05) is 18.9 Å². The van der Waals surface area contributed by atoms with Crippen LogP contribution in [0.2, 0.25) is 0 Å². The number of nitrogens with zero attached hydrogens (tertiary/aromatic N) is 3. The van der Waals surface area contributed by atoms with Crippen molar-refractivity contribution in [2.45, 2.75) is 45.8 Å². The van der Waals surface area contributed by atoms with E-state index < -0.39 is 0 Å². The largest absolute Gasteiger partial charge is 0.340 e. The number of hydrogen-bond donors (Lipinski definition) is 2. The molecule has 0 radical (unpaired) electrons. The molecular formula is C25H30FN5O. The Hall–Kier alpha value is -3.19. The van der Waals surface area contributed by atoms with Crippen LogP contribution in [-0.4, -0.2) is 40.0 Å². The molecule has 0 saturated carbocycles. The summed E-state index contributed by atoms with van der Waals surface area (Å²) in [6.45, 7) is 5.85. The second kappa shape index (κ2) is 9.53. The van der Waals surface area contributed by atoms with Crippen LogP contribution in [0.25, 0.3) is 11.3 Å². The molecule has 1 atom stereocenters. The molecule has 2 N–H and O–H groups in total. The van der Waals surface area contributed by atoms with Gasteiger partial charge in [-0.05, 0) is 56.8 Å². The van der Waals surface area contributed by atoms with Gasteiger partial charge in [-0.2, -0.15) is 0 Å². The molecule has 0 bridgehead atoms. The Bertz CT molecular complexity index is 1070. The number of nitrogens with one attached hydrogen (secondary N) is 2. The lowest BCUT2D eigenvalue weighted by Gasteiger charge is -2.31. The fourth-order valence-corrected chi connectivity index (χ4v) is 4.13. The molecular weight excluding hydrogens is 405 g/mol. The predicted molar refractivity (Wildman–Crippen MR) is 125 cm³/mol. The van der Waals surface area contributed by atoms with E-state index in [1.54, 1.807) is 12.1 Å². The molecule has 0 saturated heterocycles. The van der Waals surface area contributed by atoms with E-state index in [0.717, 1.165) is 41.4 Å². The SMILES string of the molecule is CCCC(NC)C(=O)N1CCn2c(nc(-c3ccc(F)cc3)c2Nc2ccc(C)cc2)C1. The van der Waals surface area contributed by atoms with Crippen LogP contribution in [0, 0.1) is 12.7 Å². The van der Waals surface area contributed by atoms with Crippen LogP contribution in [0.1, 0.15) is 31.2 Å². The first-order chi connectivity index (χ1) is 15.5. The number of amides is 1. The molecule has 168 valence electrons. The Morgan fingerprint density at radius 1 is 1.12 bits per heavy atom. The third-order valence-electron chi connectivity index (χ3n) is 5.94. The second-order valence-electron chi connectivity index (χ2n) is 8.26. The van der Waals surface area contributed by atoms with Gasteiger partial charge in [0.25, 0.3) is 0 Å². The lowest BCUT2D eigenvalue weighted by molar-refractivity contribution is -0.135. The van der Waals surface area contributed by atoms with Crippen molar-refractivity contribution in [2.24, 2.45) is 0 Å². The number of hydrogen-bond acceptors (Lipinski definition) is 4. The molecule has 6 nitrogen and oxygen atoms in total. The molecule has 0 spiro atoms. The van der Waals surface area contributed by atoms with E-state index >= 15 is 0 Å². The molecule has 1 aromatic heterocycles. The molecule has 2 heterocycles. The zero-order chi connectivity index (χ0) is 22.7. The van der Waals surface area contributed by atoms with Crippen molar-refractivity contribution in [3.8, 4) is 11.3 Å². The molecule has 1 aliphatic rings. The van der Waals surface area contributed by atoms with Crippen molar-refractivity contribution in [1.29, 1.82) is 0 Å². The predicted octanol–water partition coefficient (Wildman–Crippen LogP) is 4.47. The van der Waals surface area contributed by atoms with Crippen LogP contribution in [0.5, 0.6) is 0 Å². The number of carbonyl (C=O) groups excluding carboxylic acids is 1. The van der Waals surface area contributed by atoms with Gasteiger partial charge in [0.1, 0.15) is 23.2 Å². The van der Waals surface area contributed by atoms with Gasteiger partial charge in [-0.25, -0.2) is 9.37 Å². The highest BCUT2D eigenvalue weighted by atomic mass is 19.1. The zero-order valence-electron chi connectivity index (χ0n) is 18.9. The minimum Gasteiger partial charge on any atom is -0.340 e. The fourth-order valence-electron chi connectivity index (χ4n) is 4.13. The summed E-state index contributed by atoms with van der Waals surface area (Å²) in [5.74, 6) is 1.52. The molecule has 4 rings (SSSR count). The van der Waals surface area contributed by atoms with Gasteiger partial charge >= 0.3 is 0 Å². The van der Waals surface area contributed by atoms with E-state index in [1.807, 2.05) is 24.1 Å². The highest BCUT2D eigenvalue weighted by Gasteiger charge is 2.29. The number of likely N-dealkylation sites (N-methyl/N-ethyl adjacent to an activating group) is 1. The standard InChI is InChI=1S/C25H30FN5O/c1-4-5-21(27-3)25(32)30-14-15-31-22(16-30)29-23(18-8-10-19(26)11-9-18)24(31)28-20-12-6-17(2)7-13-20/h6-13,21,27-28H,4-5,14-16H2,1-3H3. The number of halogens is 1. The molecule has 2 aromatic carbocycles. The first-order valence-electron chi connectivity index (χ1n) is 11.1. The quantitative estimate of drug-likeness (QED) is 0.575. The third kappa shape index (κ3) is 4.53. The highest BCUT2D eigenvalue weighted by molar-refractivity contribution is 5.82. The van der Waals surface area contributed by atoms with Gasteiger partial charge in [0.05, 0.1) is 12.6 Å².